The van der Waals surface area contributed by atoms with Gasteiger partial charge in [-0.1, -0.05) is 20.3 Å². The first-order valence-electron chi connectivity index (χ1n) is 6.16. The highest BCUT2D eigenvalue weighted by molar-refractivity contribution is 4.90. The number of hydrogen-bond donors (Lipinski definition) is 1. The summed E-state index contributed by atoms with van der Waals surface area (Å²) in [6, 6.07) is 2.23. The second-order valence-electron chi connectivity index (χ2n) is 4.59. The molecule has 14 heavy (non-hydrogen) atoms. The van der Waals surface area contributed by atoms with E-state index in [0.29, 0.717) is 0 Å². The molecule has 1 rings (SSSR count). The first kappa shape index (κ1) is 12.0. The molecule has 3 atom stereocenters. The molecule has 1 N–H and O–H groups in total. The van der Waals surface area contributed by atoms with Crippen LogP contribution in [0.25, 0.3) is 0 Å². The van der Waals surface area contributed by atoms with Gasteiger partial charge in [-0.15, -0.1) is 0 Å². The van der Waals surface area contributed by atoms with Crippen molar-refractivity contribution in [2.75, 3.05) is 13.6 Å². The lowest BCUT2D eigenvalue weighted by molar-refractivity contribution is 0.159. The molecule has 0 radical (unpaired) electrons. The minimum absolute atomic E-state index is 0.722. The Kier molecular flexibility index (Phi) is 4.90. The van der Waals surface area contributed by atoms with Gasteiger partial charge in [-0.2, -0.15) is 0 Å². The molecule has 1 saturated carbocycles. The molecular weight excluding hydrogens is 172 g/mol. The van der Waals surface area contributed by atoms with Crippen LogP contribution in [0.3, 0.4) is 0 Å². The van der Waals surface area contributed by atoms with Gasteiger partial charge < -0.3 is 5.32 Å². The Balaban J connectivity index is 2.48. The van der Waals surface area contributed by atoms with Crippen molar-refractivity contribution in [1.29, 1.82) is 0 Å². The molecule has 1 aliphatic rings. The van der Waals surface area contributed by atoms with E-state index >= 15 is 0 Å². The molecule has 0 aromatic carbocycles. The number of rotatable bonds is 5. The van der Waals surface area contributed by atoms with Gasteiger partial charge in [0.25, 0.3) is 0 Å². The Labute approximate surface area is 89.1 Å². The molecule has 1 fully saturated rings. The molecule has 0 aromatic heterocycles. The van der Waals surface area contributed by atoms with Crippen LogP contribution in [0.4, 0.5) is 0 Å². The first-order valence-corrected chi connectivity index (χ1v) is 6.16. The molecule has 0 aromatic rings. The minimum atomic E-state index is 0.722. The normalized spacial score (nSPS) is 29.8. The van der Waals surface area contributed by atoms with Crippen molar-refractivity contribution >= 4 is 0 Å². The van der Waals surface area contributed by atoms with Crippen LogP contribution in [-0.2, 0) is 0 Å². The van der Waals surface area contributed by atoms with Gasteiger partial charge in [0.05, 0.1) is 0 Å². The second-order valence-corrected chi connectivity index (χ2v) is 4.59. The molecule has 1 aliphatic carbocycles. The predicted octanol–water partition coefficient (Wildman–Crippen LogP) is 2.25. The van der Waals surface area contributed by atoms with Crippen LogP contribution in [0, 0.1) is 0 Å². The van der Waals surface area contributed by atoms with Crippen molar-refractivity contribution in [3.05, 3.63) is 0 Å². The molecule has 0 bridgehead atoms. The monoisotopic (exact) mass is 198 g/mol. The summed E-state index contributed by atoms with van der Waals surface area (Å²) in [7, 11) is 2.29. The summed E-state index contributed by atoms with van der Waals surface area (Å²) < 4.78 is 0. The highest BCUT2D eigenvalue weighted by Crippen LogP contribution is 2.25. The van der Waals surface area contributed by atoms with E-state index in [4.69, 9.17) is 0 Å². The van der Waals surface area contributed by atoms with Gasteiger partial charge in [0.2, 0.25) is 0 Å². The molecule has 0 spiro atoms. The van der Waals surface area contributed by atoms with Gasteiger partial charge in [0.1, 0.15) is 0 Å². The Hall–Kier alpha value is -0.0800. The molecule has 84 valence electrons. The number of nitrogens with one attached hydrogen (secondary N) is 1. The lowest BCUT2D eigenvalue weighted by atomic mass is 10.1. The van der Waals surface area contributed by atoms with Gasteiger partial charge in [0, 0.05) is 18.1 Å². The third-order valence-corrected chi connectivity index (χ3v) is 3.75. The van der Waals surface area contributed by atoms with Crippen molar-refractivity contribution in [3.8, 4) is 0 Å². The highest BCUT2D eigenvalue weighted by atomic mass is 15.2. The van der Waals surface area contributed by atoms with Crippen molar-refractivity contribution < 1.29 is 0 Å². The first-order chi connectivity index (χ1) is 6.70. The van der Waals surface area contributed by atoms with Crippen LogP contribution < -0.4 is 5.32 Å². The Morgan fingerprint density at radius 2 is 2.07 bits per heavy atom. The number of hydrogen-bond acceptors (Lipinski definition) is 2. The number of nitrogens with zero attached hydrogens (tertiary/aromatic N) is 1. The van der Waals surface area contributed by atoms with E-state index in [2.05, 4.69) is 38.0 Å². The SMILES string of the molecule is CCNC1CCCC1N(C)C(C)CC. The fourth-order valence-electron chi connectivity index (χ4n) is 2.54. The van der Waals surface area contributed by atoms with Gasteiger partial charge in [-0.3, -0.25) is 4.90 Å². The standard InChI is InChI=1S/C12H26N2/c1-5-10(3)14(4)12-9-7-8-11(12)13-6-2/h10-13H,5-9H2,1-4H3. The Morgan fingerprint density at radius 1 is 1.36 bits per heavy atom. The average Bonchev–Trinajstić information content (AvgIpc) is 2.64. The largest absolute Gasteiger partial charge is 0.313 e. The topological polar surface area (TPSA) is 15.3 Å². The van der Waals surface area contributed by atoms with Crippen LogP contribution in [0.2, 0.25) is 0 Å². The fourth-order valence-corrected chi connectivity index (χ4v) is 2.54. The van der Waals surface area contributed by atoms with Crippen LogP contribution in [-0.4, -0.2) is 36.6 Å². The Bertz CT molecular complexity index is 158. The van der Waals surface area contributed by atoms with Crippen molar-refractivity contribution in [1.82, 2.24) is 10.2 Å². The maximum absolute atomic E-state index is 3.61. The summed E-state index contributed by atoms with van der Waals surface area (Å²) in [5.41, 5.74) is 0. The summed E-state index contributed by atoms with van der Waals surface area (Å²) in [5, 5.41) is 3.61. The third-order valence-electron chi connectivity index (χ3n) is 3.75. The molecule has 2 nitrogen and oxygen atoms in total. The summed E-state index contributed by atoms with van der Waals surface area (Å²) in [4.78, 5) is 2.57. The van der Waals surface area contributed by atoms with Gasteiger partial charge in [-0.25, -0.2) is 0 Å². The van der Waals surface area contributed by atoms with Crippen LogP contribution in [0.1, 0.15) is 46.5 Å². The minimum Gasteiger partial charge on any atom is -0.313 e. The van der Waals surface area contributed by atoms with E-state index in [-0.39, 0.29) is 0 Å². The lowest BCUT2D eigenvalue weighted by Gasteiger charge is -2.34. The van der Waals surface area contributed by atoms with Crippen LogP contribution >= 0.6 is 0 Å². The zero-order chi connectivity index (χ0) is 10.6. The quantitative estimate of drug-likeness (QED) is 0.729. The van der Waals surface area contributed by atoms with Gasteiger partial charge in [0.15, 0.2) is 0 Å². The summed E-state index contributed by atoms with van der Waals surface area (Å²) >= 11 is 0. The predicted molar refractivity (Wildman–Crippen MR) is 62.6 cm³/mol. The van der Waals surface area contributed by atoms with Crippen molar-refractivity contribution in [3.63, 3.8) is 0 Å². The summed E-state index contributed by atoms with van der Waals surface area (Å²) in [5.74, 6) is 0. The zero-order valence-corrected chi connectivity index (χ0v) is 10.2. The second kappa shape index (κ2) is 5.72. The summed E-state index contributed by atoms with van der Waals surface area (Å²) in [6.07, 6.45) is 5.38. The number of likely N-dealkylation sites (N-methyl/N-ethyl adjacent to an activating group) is 2. The van der Waals surface area contributed by atoms with E-state index in [9.17, 15) is 0 Å². The maximum Gasteiger partial charge on any atom is 0.0249 e. The molecule has 0 aliphatic heterocycles. The fraction of sp³-hybridized carbons (Fsp3) is 1.00. The smallest absolute Gasteiger partial charge is 0.0249 e. The van der Waals surface area contributed by atoms with E-state index < -0.39 is 0 Å². The third kappa shape index (κ3) is 2.71. The van der Waals surface area contributed by atoms with E-state index in [1.807, 2.05) is 0 Å². The molecule has 3 unspecified atom stereocenters. The molecule has 0 amide bonds. The van der Waals surface area contributed by atoms with Crippen molar-refractivity contribution in [2.45, 2.75) is 64.6 Å². The Morgan fingerprint density at radius 3 is 2.64 bits per heavy atom. The lowest BCUT2D eigenvalue weighted by Crippen LogP contribution is -2.48. The van der Waals surface area contributed by atoms with E-state index in [0.717, 1.165) is 24.7 Å². The zero-order valence-electron chi connectivity index (χ0n) is 10.2. The van der Waals surface area contributed by atoms with Crippen LogP contribution in [0.5, 0.6) is 0 Å². The van der Waals surface area contributed by atoms with Gasteiger partial charge >= 0.3 is 0 Å². The van der Waals surface area contributed by atoms with E-state index in [1.54, 1.807) is 0 Å². The van der Waals surface area contributed by atoms with Crippen molar-refractivity contribution in [2.24, 2.45) is 0 Å². The maximum atomic E-state index is 3.61. The van der Waals surface area contributed by atoms with E-state index in [1.165, 1.54) is 25.7 Å². The molecule has 0 heterocycles. The molecule has 0 saturated heterocycles. The van der Waals surface area contributed by atoms with Crippen LogP contribution in [0.15, 0.2) is 0 Å². The van der Waals surface area contributed by atoms with Gasteiger partial charge in [-0.05, 0) is 39.8 Å². The average molecular weight is 198 g/mol. The summed E-state index contributed by atoms with van der Waals surface area (Å²) in [6.45, 7) is 7.92. The highest BCUT2D eigenvalue weighted by Gasteiger charge is 2.30. The molecular formula is C12H26N2. The molecule has 2 heteroatoms.